The van der Waals surface area contributed by atoms with Gasteiger partial charge in [0.05, 0.1) is 6.61 Å². The second-order valence-electron chi connectivity index (χ2n) is 4.59. The van der Waals surface area contributed by atoms with Crippen molar-refractivity contribution in [2.45, 2.75) is 19.9 Å². The molecule has 0 spiro atoms. The summed E-state index contributed by atoms with van der Waals surface area (Å²) in [6.45, 7) is 4.86. The molecule has 1 unspecified atom stereocenters. The fourth-order valence-electron chi connectivity index (χ4n) is 1.99. The van der Waals surface area contributed by atoms with Crippen LogP contribution in [0.3, 0.4) is 0 Å². The summed E-state index contributed by atoms with van der Waals surface area (Å²) < 4.78 is 5.20. The van der Waals surface area contributed by atoms with Crippen LogP contribution in [0.15, 0.2) is 6.07 Å². The van der Waals surface area contributed by atoms with E-state index in [0.717, 1.165) is 0 Å². The van der Waals surface area contributed by atoms with Gasteiger partial charge < -0.3 is 14.5 Å². The molecule has 1 N–H and O–H groups in total. The minimum atomic E-state index is -0.230. The highest BCUT2D eigenvalue weighted by Gasteiger charge is 2.31. The first kappa shape index (κ1) is 13.4. The highest BCUT2D eigenvalue weighted by molar-refractivity contribution is 5.95. The molecule has 0 aromatic carbocycles. The maximum absolute atomic E-state index is 12.2. The van der Waals surface area contributed by atoms with Crippen molar-refractivity contribution in [3.8, 4) is 5.88 Å². The molecule has 104 valence electrons. The Bertz CT molecular complexity index is 485. The largest absolute Gasteiger partial charge is 0.477 e. The molecule has 2 heterocycles. The van der Waals surface area contributed by atoms with Crippen LogP contribution in [0, 0.1) is 0 Å². The van der Waals surface area contributed by atoms with E-state index in [1.165, 1.54) is 4.90 Å². The van der Waals surface area contributed by atoms with Gasteiger partial charge in [0.2, 0.25) is 11.8 Å². The Morgan fingerprint density at radius 2 is 2.37 bits per heavy atom. The van der Waals surface area contributed by atoms with E-state index in [2.05, 4.69) is 10.2 Å². The Hall–Kier alpha value is -2.05. The van der Waals surface area contributed by atoms with Crippen LogP contribution in [0.4, 0.5) is 0 Å². The van der Waals surface area contributed by atoms with Gasteiger partial charge in [-0.3, -0.25) is 14.7 Å². The van der Waals surface area contributed by atoms with Crippen molar-refractivity contribution in [3.05, 3.63) is 11.8 Å². The number of aromatic nitrogens is 2. The number of hydrogen-bond acceptors (Lipinski definition) is 4. The number of nitrogens with one attached hydrogen (secondary N) is 1. The van der Waals surface area contributed by atoms with Crippen LogP contribution in [0.2, 0.25) is 0 Å². The molecule has 0 aliphatic carbocycles. The summed E-state index contributed by atoms with van der Waals surface area (Å²) in [5.74, 6) is 0.0998. The van der Waals surface area contributed by atoms with Crippen LogP contribution in [-0.2, 0) is 4.79 Å². The second-order valence-corrected chi connectivity index (χ2v) is 4.59. The molecule has 0 saturated carbocycles. The van der Waals surface area contributed by atoms with E-state index >= 15 is 0 Å². The lowest BCUT2D eigenvalue weighted by Gasteiger charge is -2.36. The van der Waals surface area contributed by atoms with E-state index < -0.39 is 0 Å². The summed E-state index contributed by atoms with van der Waals surface area (Å²) in [6, 6.07) is 1.57. The lowest BCUT2D eigenvalue weighted by atomic mass is 10.2. The Balaban J connectivity index is 2.08. The average Bonchev–Trinajstić information content (AvgIpc) is 2.83. The Morgan fingerprint density at radius 3 is 3.00 bits per heavy atom. The molecule has 1 aromatic rings. The third kappa shape index (κ3) is 2.69. The zero-order chi connectivity index (χ0) is 14.0. The first-order valence-corrected chi connectivity index (χ1v) is 6.26. The first-order valence-electron chi connectivity index (χ1n) is 6.26. The number of ether oxygens (including phenoxy) is 1. The highest BCUT2D eigenvalue weighted by Crippen LogP contribution is 2.14. The number of rotatable bonds is 3. The van der Waals surface area contributed by atoms with Gasteiger partial charge in [-0.15, -0.1) is 5.10 Å². The lowest BCUT2D eigenvalue weighted by molar-refractivity contribution is -0.136. The fraction of sp³-hybridized carbons (Fsp3) is 0.583. The normalized spacial score (nSPS) is 19.7. The van der Waals surface area contributed by atoms with Crippen molar-refractivity contribution in [2.24, 2.45) is 0 Å². The summed E-state index contributed by atoms with van der Waals surface area (Å²) in [7, 11) is 1.75. The number of likely N-dealkylation sites (N-methyl/N-ethyl adjacent to an activating group) is 1. The Kier molecular flexibility index (Phi) is 3.73. The van der Waals surface area contributed by atoms with Gasteiger partial charge in [-0.05, 0) is 13.8 Å². The van der Waals surface area contributed by atoms with E-state index in [9.17, 15) is 9.59 Å². The second kappa shape index (κ2) is 5.29. The summed E-state index contributed by atoms with van der Waals surface area (Å²) in [5, 5.41) is 6.52. The molecule has 0 bridgehead atoms. The number of piperazine rings is 1. The van der Waals surface area contributed by atoms with Crippen LogP contribution in [-0.4, -0.2) is 64.6 Å². The topological polar surface area (TPSA) is 78.5 Å². The standard InChI is InChI=1S/C12H18N4O3/c1-4-19-10-5-9(13-14-10)12(18)16-6-8(2)15(3)11(17)7-16/h5,8H,4,6-7H2,1-3H3,(H,13,14). The molecule has 1 fully saturated rings. The Labute approximate surface area is 111 Å². The zero-order valence-electron chi connectivity index (χ0n) is 11.3. The van der Waals surface area contributed by atoms with Crippen LogP contribution in [0.5, 0.6) is 5.88 Å². The van der Waals surface area contributed by atoms with Crippen molar-refractivity contribution < 1.29 is 14.3 Å². The quantitative estimate of drug-likeness (QED) is 0.842. The van der Waals surface area contributed by atoms with Crippen molar-refractivity contribution in [2.75, 3.05) is 26.7 Å². The van der Waals surface area contributed by atoms with E-state index in [4.69, 9.17) is 4.74 Å². The third-order valence-electron chi connectivity index (χ3n) is 3.23. The molecule has 2 rings (SSSR count). The predicted octanol–water partition coefficient (Wildman–Crippen LogP) is 0.111. The summed E-state index contributed by atoms with van der Waals surface area (Å²) in [5.41, 5.74) is 0.341. The van der Waals surface area contributed by atoms with Crippen molar-refractivity contribution >= 4 is 11.8 Å². The fourth-order valence-corrected chi connectivity index (χ4v) is 1.99. The SMILES string of the molecule is CCOc1cc(C(=O)N2CC(=O)N(C)C(C)C2)[nH]n1. The van der Waals surface area contributed by atoms with Crippen molar-refractivity contribution in [1.29, 1.82) is 0 Å². The van der Waals surface area contributed by atoms with Crippen molar-refractivity contribution in [3.63, 3.8) is 0 Å². The van der Waals surface area contributed by atoms with Gasteiger partial charge in [0.15, 0.2) is 0 Å². The van der Waals surface area contributed by atoms with Crippen LogP contribution >= 0.6 is 0 Å². The van der Waals surface area contributed by atoms with E-state index in [1.54, 1.807) is 18.0 Å². The molecule has 1 atom stereocenters. The van der Waals surface area contributed by atoms with E-state index in [0.29, 0.717) is 24.7 Å². The van der Waals surface area contributed by atoms with Gasteiger partial charge in [-0.2, -0.15) is 0 Å². The third-order valence-corrected chi connectivity index (χ3v) is 3.23. The minimum Gasteiger partial charge on any atom is -0.477 e. The average molecular weight is 266 g/mol. The number of amides is 2. The molecular formula is C12H18N4O3. The zero-order valence-corrected chi connectivity index (χ0v) is 11.3. The number of nitrogens with zero attached hydrogens (tertiary/aromatic N) is 3. The number of carbonyl (C=O) groups excluding carboxylic acids is 2. The van der Waals surface area contributed by atoms with Gasteiger partial charge in [0, 0.05) is 25.7 Å². The van der Waals surface area contributed by atoms with Crippen LogP contribution < -0.4 is 4.74 Å². The smallest absolute Gasteiger partial charge is 0.272 e. The number of aromatic amines is 1. The summed E-state index contributed by atoms with van der Waals surface area (Å²) in [6.07, 6.45) is 0. The molecule has 19 heavy (non-hydrogen) atoms. The van der Waals surface area contributed by atoms with Gasteiger partial charge in [-0.1, -0.05) is 0 Å². The Morgan fingerprint density at radius 1 is 1.63 bits per heavy atom. The van der Waals surface area contributed by atoms with E-state index in [1.807, 2.05) is 13.8 Å². The highest BCUT2D eigenvalue weighted by atomic mass is 16.5. The molecule has 1 saturated heterocycles. The van der Waals surface area contributed by atoms with Crippen LogP contribution in [0.1, 0.15) is 24.3 Å². The number of carbonyl (C=O) groups is 2. The molecule has 1 aliphatic heterocycles. The predicted molar refractivity (Wildman–Crippen MR) is 67.9 cm³/mol. The maximum Gasteiger partial charge on any atom is 0.272 e. The molecule has 1 aromatic heterocycles. The first-order chi connectivity index (χ1) is 9.02. The van der Waals surface area contributed by atoms with E-state index in [-0.39, 0.29) is 24.4 Å². The summed E-state index contributed by atoms with van der Waals surface area (Å²) >= 11 is 0. The molecular weight excluding hydrogens is 248 g/mol. The van der Waals surface area contributed by atoms with Gasteiger partial charge in [0.1, 0.15) is 12.2 Å². The van der Waals surface area contributed by atoms with Crippen LogP contribution in [0.25, 0.3) is 0 Å². The van der Waals surface area contributed by atoms with Gasteiger partial charge >= 0.3 is 0 Å². The molecule has 1 aliphatic rings. The number of hydrogen-bond donors (Lipinski definition) is 1. The van der Waals surface area contributed by atoms with Gasteiger partial charge in [0.25, 0.3) is 5.91 Å². The summed E-state index contributed by atoms with van der Waals surface area (Å²) in [4.78, 5) is 27.2. The number of H-pyrrole nitrogens is 1. The maximum atomic E-state index is 12.2. The minimum absolute atomic E-state index is 0.0134. The van der Waals surface area contributed by atoms with Gasteiger partial charge in [-0.25, -0.2) is 0 Å². The van der Waals surface area contributed by atoms with Crippen molar-refractivity contribution in [1.82, 2.24) is 20.0 Å². The molecule has 7 nitrogen and oxygen atoms in total. The monoisotopic (exact) mass is 266 g/mol. The lowest BCUT2D eigenvalue weighted by Crippen LogP contribution is -2.55. The molecule has 2 amide bonds. The molecule has 0 radical (unpaired) electrons. The molecule has 7 heteroatoms.